The Morgan fingerprint density at radius 2 is 2.16 bits per heavy atom. The first kappa shape index (κ1) is 17.8. The van der Waals surface area contributed by atoms with E-state index >= 15 is 0 Å². The predicted molar refractivity (Wildman–Crippen MR) is 91.9 cm³/mol. The van der Waals surface area contributed by atoms with Crippen LogP contribution in [0.4, 0.5) is 4.79 Å². The van der Waals surface area contributed by atoms with Gasteiger partial charge in [-0.2, -0.15) is 0 Å². The van der Waals surface area contributed by atoms with Crippen LogP contribution in [0.25, 0.3) is 0 Å². The summed E-state index contributed by atoms with van der Waals surface area (Å²) in [5, 5.41) is 2.80. The van der Waals surface area contributed by atoms with Crippen LogP contribution in [-0.4, -0.2) is 60.1 Å². The van der Waals surface area contributed by atoms with Crippen LogP contribution in [0.5, 0.6) is 0 Å². The van der Waals surface area contributed by atoms with Crippen molar-refractivity contribution in [2.75, 3.05) is 26.2 Å². The number of hydrogen-bond acceptors (Lipinski definition) is 4. The molecule has 25 heavy (non-hydrogen) atoms. The molecular weight excluding hydrogens is 322 g/mol. The number of carbonyl (C=O) groups is 2. The van der Waals surface area contributed by atoms with E-state index in [0.29, 0.717) is 19.6 Å². The molecule has 1 aliphatic carbocycles. The Balaban J connectivity index is 1.64. The highest BCUT2D eigenvalue weighted by molar-refractivity contribution is 5.84. The van der Waals surface area contributed by atoms with Crippen LogP contribution >= 0.6 is 0 Å². The molecule has 1 saturated carbocycles. The summed E-state index contributed by atoms with van der Waals surface area (Å²) in [5.41, 5.74) is 0. The molecule has 0 spiro atoms. The molecule has 7 nitrogen and oxygen atoms in total. The summed E-state index contributed by atoms with van der Waals surface area (Å²) >= 11 is 0. The predicted octanol–water partition coefficient (Wildman–Crippen LogP) is 1.98. The van der Waals surface area contributed by atoms with Crippen LogP contribution in [0, 0.1) is 0 Å². The summed E-state index contributed by atoms with van der Waals surface area (Å²) in [7, 11) is 0. The molecule has 138 valence electrons. The van der Waals surface area contributed by atoms with E-state index in [1.165, 1.54) is 0 Å². The van der Waals surface area contributed by atoms with Gasteiger partial charge in [-0.3, -0.25) is 4.79 Å². The minimum absolute atomic E-state index is 0.0648. The fraction of sp³-hybridized carbons (Fsp3) is 0.667. The SMILES string of the molecule is CCNC(=O)N(CC(=O)N(Cc1ccco1)C[C@H]1CCCO1)C1CC1. The average molecular weight is 349 g/mol. The number of nitrogens with zero attached hydrogens (tertiary/aromatic N) is 2. The highest BCUT2D eigenvalue weighted by Gasteiger charge is 2.35. The molecule has 0 aromatic carbocycles. The van der Waals surface area contributed by atoms with Crippen LogP contribution in [0.3, 0.4) is 0 Å². The molecule has 1 aliphatic heterocycles. The van der Waals surface area contributed by atoms with Gasteiger partial charge in [0.25, 0.3) is 0 Å². The zero-order chi connectivity index (χ0) is 17.6. The van der Waals surface area contributed by atoms with Gasteiger partial charge in [0.2, 0.25) is 5.91 Å². The Kier molecular flexibility index (Phi) is 5.96. The van der Waals surface area contributed by atoms with Crippen LogP contribution in [0.2, 0.25) is 0 Å². The number of furan rings is 1. The highest BCUT2D eigenvalue weighted by atomic mass is 16.5. The van der Waals surface area contributed by atoms with E-state index in [9.17, 15) is 9.59 Å². The van der Waals surface area contributed by atoms with Crippen LogP contribution in [0.15, 0.2) is 22.8 Å². The molecule has 0 unspecified atom stereocenters. The zero-order valence-corrected chi connectivity index (χ0v) is 14.8. The van der Waals surface area contributed by atoms with Gasteiger partial charge in [-0.15, -0.1) is 0 Å². The molecule has 0 radical (unpaired) electrons. The lowest BCUT2D eigenvalue weighted by Crippen LogP contribution is -2.48. The Hall–Kier alpha value is -2.02. The van der Waals surface area contributed by atoms with E-state index in [1.54, 1.807) is 16.1 Å². The van der Waals surface area contributed by atoms with E-state index in [1.807, 2.05) is 19.1 Å². The van der Waals surface area contributed by atoms with Crippen LogP contribution in [0.1, 0.15) is 38.4 Å². The fourth-order valence-corrected chi connectivity index (χ4v) is 3.13. The van der Waals surface area contributed by atoms with Gasteiger partial charge in [0.15, 0.2) is 0 Å². The lowest BCUT2D eigenvalue weighted by atomic mass is 10.2. The number of urea groups is 1. The van der Waals surface area contributed by atoms with E-state index < -0.39 is 0 Å². The van der Waals surface area contributed by atoms with Gasteiger partial charge in [0.05, 0.1) is 18.9 Å². The summed E-state index contributed by atoms with van der Waals surface area (Å²) < 4.78 is 11.1. The molecule has 1 aromatic rings. The van der Waals surface area contributed by atoms with Gasteiger partial charge < -0.3 is 24.3 Å². The van der Waals surface area contributed by atoms with Crippen molar-refractivity contribution in [3.8, 4) is 0 Å². The number of rotatable bonds is 8. The fourth-order valence-electron chi connectivity index (χ4n) is 3.13. The maximum absolute atomic E-state index is 12.9. The van der Waals surface area contributed by atoms with Gasteiger partial charge in [0, 0.05) is 25.7 Å². The van der Waals surface area contributed by atoms with Crippen molar-refractivity contribution in [1.29, 1.82) is 0 Å². The van der Waals surface area contributed by atoms with Gasteiger partial charge >= 0.3 is 6.03 Å². The van der Waals surface area contributed by atoms with Gasteiger partial charge in [0.1, 0.15) is 12.3 Å². The monoisotopic (exact) mass is 349 g/mol. The number of hydrogen-bond donors (Lipinski definition) is 1. The van der Waals surface area contributed by atoms with Gasteiger partial charge in [-0.1, -0.05) is 0 Å². The quantitative estimate of drug-likeness (QED) is 0.779. The van der Waals surface area contributed by atoms with E-state index in [-0.39, 0.29) is 30.6 Å². The third kappa shape index (κ3) is 4.98. The summed E-state index contributed by atoms with van der Waals surface area (Å²) in [6, 6.07) is 3.70. The van der Waals surface area contributed by atoms with Crippen LogP contribution < -0.4 is 5.32 Å². The Labute approximate surface area is 148 Å². The maximum atomic E-state index is 12.9. The molecule has 1 atom stereocenters. The Morgan fingerprint density at radius 3 is 2.76 bits per heavy atom. The largest absolute Gasteiger partial charge is 0.467 e. The maximum Gasteiger partial charge on any atom is 0.318 e. The lowest BCUT2D eigenvalue weighted by Gasteiger charge is -2.28. The number of ether oxygens (including phenoxy) is 1. The minimum atomic E-state index is -0.159. The second-order valence-electron chi connectivity index (χ2n) is 6.68. The van der Waals surface area contributed by atoms with E-state index in [2.05, 4.69) is 5.32 Å². The molecule has 1 aromatic heterocycles. The van der Waals surface area contributed by atoms with Crippen molar-refractivity contribution in [2.45, 2.75) is 51.3 Å². The molecule has 1 saturated heterocycles. The summed E-state index contributed by atoms with van der Waals surface area (Å²) in [4.78, 5) is 28.6. The molecular formula is C18H27N3O4. The zero-order valence-electron chi connectivity index (χ0n) is 14.8. The first-order valence-corrected chi connectivity index (χ1v) is 9.13. The molecule has 3 rings (SSSR count). The molecule has 2 aliphatic rings. The van der Waals surface area contributed by atoms with Crippen LogP contribution in [-0.2, 0) is 16.1 Å². The Bertz CT molecular complexity index is 565. The van der Waals surface area contributed by atoms with Gasteiger partial charge in [-0.05, 0) is 44.7 Å². The lowest BCUT2D eigenvalue weighted by molar-refractivity contribution is -0.134. The first-order chi connectivity index (χ1) is 12.2. The van der Waals surface area contributed by atoms with E-state index in [0.717, 1.165) is 38.1 Å². The third-order valence-corrected chi connectivity index (χ3v) is 4.61. The van der Waals surface area contributed by atoms with Crippen molar-refractivity contribution < 1.29 is 18.7 Å². The number of nitrogens with one attached hydrogen (secondary N) is 1. The molecule has 1 N–H and O–H groups in total. The molecule has 2 heterocycles. The highest BCUT2D eigenvalue weighted by Crippen LogP contribution is 2.27. The third-order valence-electron chi connectivity index (χ3n) is 4.61. The first-order valence-electron chi connectivity index (χ1n) is 9.13. The molecule has 2 fully saturated rings. The van der Waals surface area contributed by atoms with E-state index in [4.69, 9.17) is 9.15 Å². The second kappa shape index (κ2) is 8.38. The molecule has 7 heteroatoms. The van der Waals surface area contributed by atoms with Crippen molar-refractivity contribution in [2.24, 2.45) is 0 Å². The van der Waals surface area contributed by atoms with Crippen molar-refractivity contribution in [3.05, 3.63) is 24.2 Å². The average Bonchev–Trinajstić information content (AvgIpc) is 3.07. The smallest absolute Gasteiger partial charge is 0.318 e. The minimum Gasteiger partial charge on any atom is -0.467 e. The summed E-state index contributed by atoms with van der Waals surface area (Å²) in [6.45, 7) is 4.23. The van der Waals surface area contributed by atoms with Crippen molar-refractivity contribution in [3.63, 3.8) is 0 Å². The molecule has 3 amide bonds. The topological polar surface area (TPSA) is 75.0 Å². The number of amides is 3. The Morgan fingerprint density at radius 1 is 1.32 bits per heavy atom. The molecule has 0 bridgehead atoms. The normalized spacial score (nSPS) is 19.6. The summed E-state index contributed by atoms with van der Waals surface area (Å²) in [5.74, 6) is 0.674. The summed E-state index contributed by atoms with van der Waals surface area (Å²) in [6.07, 6.45) is 5.60. The van der Waals surface area contributed by atoms with Gasteiger partial charge in [-0.25, -0.2) is 4.79 Å². The second-order valence-corrected chi connectivity index (χ2v) is 6.68. The van der Waals surface area contributed by atoms with Crippen molar-refractivity contribution in [1.82, 2.24) is 15.1 Å². The standard InChI is InChI=1S/C18H27N3O4/c1-2-19-18(23)21(14-7-8-14)13-17(22)20(11-15-5-3-9-24-15)12-16-6-4-10-25-16/h3,5,9,14,16H,2,4,6-8,10-13H2,1H3,(H,19,23)/t16-/m1/s1. The number of carbonyl (C=O) groups excluding carboxylic acids is 2. The van der Waals surface area contributed by atoms with Crippen molar-refractivity contribution >= 4 is 11.9 Å².